The number of nitrogens with one attached hydrogen (secondary N) is 2. The zero-order valence-electron chi connectivity index (χ0n) is 18.4. The zero-order chi connectivity index (χ0) is 23.5. The van der Waals surface area contributed by atoms with Crippen LogP contribution in [0.1, 0.15) is 11.1 Å². The topological polar surface area (TPSA) is 98.3 Å². The molecule has 0 aromatic heterocycles. The van der Waals surface area contributed by atoms with E-state index in [0.717, 1.165) is 5.56 Å². The largest absolute Gasteiger partial charge is 0.495 e. The Bertz CT molecular complexity index is 1120. The molecule has 0 aliphatic carbocycles. The van der Waals surface area contributed by atoms with Crippen LogP contribution in [0.3, 0.4) is 0 Å². The number of benzene rings is 3. The van der Waals surface area contributed by atoms with Gasteiger partial charge in [0.1, 0.15) is 5.75 Å². The number of carbonyl (C=O) groups excluding carboxylic acids is 2. The second-order valence-corrected chi connectivity index (χ2v) is 6.90. The van der Waals surface area contributed by atoms with Crippen molar-refractivity contribution >= 4 is 23.7 Å². The lowest BCUT2D eigenvalue weighted by atomic mass is 10.1. The Hall–Kier alpha value is -4.33. The molecule has 8 nitrogen and oxygen atoms in total. The number of anilines is 1. The molecule has 0 radical (unpaired) electrons. The summed E-state index contributed by atoms with van der Waals surface area (Å²) in [5, 5.41) is 6.73. The first-order valence-electron chi connectivity index (χ1n) is 10.2. The summed E-state index contributed by atoms with van der Waals surface area (Å²) < 4.78 is 16.2. The highest BCUT2D eigenvalue weighted by Gasteiger charge is 2.11. The van der Waals surface area contributed by atoms with Gasteiger partial charge in [0.25, 0.3) is 5.91 Å². The summed E-state index contributed by atoms with van der Waals surface area (Å²) in [4.78, 5) is 24.2. The van der Waals surface area contributed by atoms with Gasteiger partial charge in [0.05, 0.1) is 32.5 Å². The number of hydrogen-bond acceptors (Lipinski definition) is 6. The maximum absolute atomic E-state index is 12.3. The maximum atomic E-state index is 12.3. The van der Waals surface area contributed by atoms with Gasteiger partial charge in [-0.2, -0.15) is 5.10 Å². The number of para-hydroxylation sites is 2. The highest BCUT2D eigenvalue weighted by molar-refractivity contribution is 5.93. The van der Waals surface area contributed by atoms with E-state index >= 15 is 0 Å². The molecular weight excluding hydrogens is 422 g/mol. The van der Waals surface area contributed by atoms with E-state index in [0.29, 0.717) is 28.5 Å². The van der Waals surface area contributed by atoms with Gasteiger partial charge in [0.2, 0.25) is 5.91 Å². The fourth-order valence-corrected chi connectivity index (χ4v) is 2.96. The molecule has 2 N–H and O–H groups in total. The normalized spacial score (nSPS) is 10.5. The summed E-state index contributed by atoms with van der Waals surface area (Å²) in [6, 6.07) is 21.6. The molecule has 2 amide bonds. The number of amides is 2. The van der Waals surface area contributed by atoms with Gasteiger partial charge in [-0.1, -0.05) is 42.5 Å². The minimum atomic E-state index is -0.340. The number of ether oxygens (including phenoxy) is 3. The van der Waals surface area contributed by atoms with Gasteiger partial charge >= 0.3 is 0 Å². The van der Waals surface area contributed by atoms with Crippen LogP contribution in [-0.2, 0) is 16.0 Å². The van der Waals surface area contributed by atoms with E-state index in [1.165, 1.54) is 20.4 Å². The smallest absolute Gasteiger partial charge is 0.262 e. The van der Waals surface area contributed by atoms with E-state index in [1.807, 2.05) is 36.4 Å². The van der Waals surface area contributed by atoms with E-state index in [1.54, 1.807) is 36.4 Å². The lowest BCUT2D eigenvalue weighted by Crippen LogP contribution is -2.20. The third-order valence-electron chi connectivity index (χ3n) is 4.54. The van der Waals surface area contributed by atoms with Crippen LogP contribution in [0.25, 0.3) is 0 Å². The second kappa shape index (κ2) is 11.9. The molecule has 33 heavy (non-hydrogen) atoms. The molecule has 3 aromatic carbocycles. The molecule has 0 saturated carbocycles. The van der Waals surface area contributed by atoms with Crippen molar-refractivity contribution in [2.24, 2.45) is 5.10 Å². The number of hydrazone groups is 1. The summed E-state index contributed by atoms with van der Waals surface area (Å²) in [6.45, 7) is -0.211. The van der Waals surface area contributed by atoms with Crippen LogP contribution < -0.4 is 25.0 Å². The number of nitrogens with zero attached hydrogens (tertiary/aromatic N) is 1. The van der Waals surface area contributed by atoms with Crippen molar-refractivity contribution in [3.63, 3.8) is 0 Å². The van der Waals surface area contributed by atoms with Crippen molar-refractivity contribution < 1.29 is 23.8 Å². The number of rotatable bonds is 10. The van der Waals surface area contributed by atoms with Gasteiger partial charge in [-0.05, 0) is 41.5 Å². The lowest BCUT2D eigenvalue weighted by molar-refractivity contribution is -0.120. The molecule has 170 valence electrons. The Morgan fingerprint density at radius 3 is 2.33 bits per heavy atom. The quantitative estimate of drug-likeness (QED) is 0.367. The summed E-state index contributed by atoms with van der Waals surface area (Å²) >= 11 is 0. The predicted octanol–water partition coefficient (Wildman–Crippen LogP) is 3.41. The van der Waals surface area contributed by atoms with Crippen LogP contribution in [0.15, 0.2) is 77.9 Å². The molecule has 0 aliphatic heterocycles. The van der Waals surface area contributed by atoms with E-state index in [9.17, 15) is 9.59 Å². The molecule has 0 aliphatic rings. The molecule has 0 spiro atoms. The third kappa shape index (κ3) is 7.10. The van der Waals surface area contributed by atoms with Crippen molar-refractivity contribution in [1.82, 2.24) is 5.43 Å². The van der Waals surface area contributed by atoms with Gasteiger partial charge in [-0.25, -0.2) is 5.43 Å². The molecule has 8 heteroatoms. The minimum Gasteiger partial charge on any atom is -0.495 e. The monoisotopic (exact) mass is 447 g/mol. The summed E-state index contributed by atoms with van der Waals surface area (Å²) in [5.41, 5.74) is 4.65. The lowest BCUT2D eigenvalue weighted by Gasteiger charge is -2.12. The van der Waals surface area contributed by atoms with Crippen molar-refractivity contribution in [2.45, 2.75) is 6.42 Å². The Balaban J connectivity index is 1.54. The van der Waals surface area contributed by atoms with Crippen LogP contribution in [-0.4, -0.2) is 38.9 Å². The van der Waals surface area contributed by atoms with Gasteiger partial charge < -0.3 is 19.5 Å². The molecule has 0 heterocycles. The number of hydrogen-bond donors (Lipinski definition) is 2. The summed E-state index contributed by atoms with van der Waals surface area (Å²) in [6.07, 6.45) is 1.74. The fraction of sp³-hybridized carbons (Fsp3) is 0.160. The van der Waals surface area contributed by atoms with Gasteiger partial charge in [-0.3, -0.25) is 9.59 Å². The van der Waals surface area contributed by atoms with Gasteiger partial charge in [-0.15, -0.1) is 0 Å². The highest BCUT2D eigenvalue weighted by atomic mass is 16.5. The SMILES string of the molecule is COc1ccccc1NC(=O)COc1ccc(/C=N/NC(=O)Cc2ccccc2)cc1OC. The Labute approximate surface area is 192 Å². The zero-order valence-corrected chi connectivity index (χ0v) is 18.4. The molecule has 0 atom stereocenters. The molecule has 0 fully saturated rings. The summed E-state index contributed by atoms with van der Waals surface area (Å²) in [7, 11) is 3.03. The molecule has 3 aromatic rings. The van der Waals surface area contributed by atoms with Crippen LogP contribution in [0.2, 0.25) is 0 Å². The minimum absolute atomic E-state index is 0.211. The van der Waals surface area contributed by atoms with Gasteiger partial charge in [0.15, 0.2) is 18.1 Å². The highest BCUT2D eigenvalue weighted by Crippen LogP contribution is 2.28. The average Bonchev–Trinajstić information content (AvgIpc) is 2.84. The van der Waals surface area contributed by atoms with Crippen LogP contribution in [0.4, 0.5) is 5.69 Å². The second-order valence-electron chi connectivity index (χ2n) is 6.90. The van der Waals surface area contributed by atoms with Gasteiger partial charge in [0, 0.05) is 0 Å². The van der Waals surface area contributed by atoms with E-state index in [4.69, 9.17) is 14.2 Å². The third-order valence-corrected chi connectivity index (χ3v) is 4.54. The van der Waals surface area contributed by atoms with E-state index in [2.05, 4.69) is 15.8 Å². The number of methoxy groups -OCH3 is 2. The van der Waals surface area contributed by atoms with Crippen LogP contribution >= 0.6 is 0 Å². The standard InChI is InChI=1S/C25H25N3O5/c1-31-21-11-7-6-10-20(21)27-25(30)17-33-22-13-12-19(14-23(22)32-2)16-26-28-24(29)15-18-8-4-3-5-9-18/h3-14,16H,15,17H2,1-2H3,(H,27,30)(H,28,29)/b26-16+. The molecule has 0 bridgehead atoms. The summed E-state index contributed by atoms with van der Waals surface area (Å²) in [5.74, 6) is 0.833. The Kier molecular flexibility index (Phi) is 8.41. The molecule has 0 saturated heterocycles. The fourth-order valence-electron chi connectivity index (χ4n) is 2.96. The van der Waals surface area contributed by atoms with E-state index in [-0.39, 0.29) is 24.8 Å². The maximum Gasteiger partial charge on any atom is 0.262 e. The Morgan fingerprint density at radius 1 is 0.848 bits per heavy atom. The first-order chi connectivity index (χ1) is 16.1. The average molecular weight is 447 g/mol. The Morgan fingerprint density at radius 2 is 1.58 bits per heavy atom. The van der Waals surface area contributed by atoms with Crippen LogP contribution in [0.5, 0.6) is 17.2 Å². The molecular formula is C25H25N3O5. The predicted molar refractivity (Wildman–Crippen MR) is 126 cm³/mol. The first-order valence-corrected chi connectivity index (χ1v) is 10.2. The molecule has 3 rings (SSSR count). The van der Waals surface area contributed by atoms with Crippen LogP contribution in [0, 0.1) is 0 Å². The van der Waals surface area contributed by atoms with Crippen molar-refractivity contribution in [2.75, 3.05) is 26.1 Å². The van der Waals surface area contributed by atoms with E-state index < -0.39 is 0 Å². The van der Waals surface area contributed by atoms with Crippen molar-refractivity contribution in [1.29, 1.82) is 0 Å². The molecule has 0 unspecified atom stereocenters. The van der Waals surface area contributed by atoms with Crippen molar-refractivity contribution in [3.05, 3.63) is 83.9 Å². The first kappa shape index (κ1) is 23.3. The van der Waals surface area contributed by atoms with Crippen molar-refractivity contribution in [3.8, 4) is 17.2 Å². The number of carbonyl (C=O) groups is 2.